The molecule has 0 bridgehead atoms. The fourth-order valence-electron chi connectivity index (χ4n) is 5.74. The number of amides is 1. The van der Waals surface area contributed by atoms with E-state index in [1.165, 1.54) is 5.57 Å². The fraction of sp³-hybridized carbons (Fsp3) is 0.840. The van der Waals surface area contributed by atoms with Crippen molar-refractivity contribution in [2.45, 2.75) is 82.9 Å². The van der Waals surface area contributed by atoms with Crippen LogP contribution in [0.3, 0.4) is 0 Å². The minimum absolute atomic E-state index is 0.0283. The summed E-state index contributed by atoms with van der Waals surface area (Å²) < 4.78 is 24.2. The first kappa shape index (κ1) is 24.6. The molecule has 0 radical (unpaired) electrons. The summed E-state index contributed by atoms with van der Waals surface area (Å²) in [6.45, 7) is 12.2. The summed E-state index contributed by atoms with van der Waals surface area (Å²) in [5, 5.41) is 0. The molecular weight excluding hydrogens is 424 g/mol. The van der Waals surface area contributed by atoms with E-state index in [4.69, 9.17) is 18.9 Å². The molecule has 4 aliphatic rings. The van der Waals surface area contributed by atoms with Gasteiger partial charge in [-0.25, -0.2) is 4.79 Å². The van der Waals surface area contributed by atoms with Crippen LogP contribution in [0.15, 0.2) is 11.6 Å². The van der Waals surface area contributed by atoms with Gasteiger partial charge in [0.15, 0.2) is 0 Å². The zero-order chi connectivity index (χ0) is 23.8. The molecule has 4 fully saturated rings. The summed E-state index contributed by atoms with van der Waals surface area (Å²) in [5.41, 5.74) is 0.724. The summed E-state index contributed by atoms with van der Waals surface area (Å²) in [6.07, 6.45) is 4.51. The van der Waals surface area contributed by atoms with E-state index in [-0.39, 0.29) is 47.3 Å². The molecule has 3 aliphatic heterocycles. The Morgan fingerprint density at radius 2 is 1.85 bits per heavy atom. The van der Waals surface area contributed by atoms with Crippen molar-refractivity contribution in [1.82, 2.24) is 9.80 Å². The number of carbonyl (C=O) groups excluding carboxylic acids is 2. The Kier molecular flexibility index (Phi) is 7.20. The third kappa shape index (κ3) is 5.29. The van der Waals surface area contributed by atoms with Gasteiger partial charge in [-0.3, -0.25) is 9.69 Å². The molecule has 1 spiro atoms. The molecular formula is C25H40N2O6. The highest BCUT2D eigenvalue weighted by Gasteiger charge is 2.72. The number of rotatable bonds is 8. The zero-order valence-electron chi connectivity index (χ0n) is 20.8. The number of hydrogen-bond acceptors (Lipinski definition) is 7. The van der Waals surface area contributed by atoms with Crippen LogP contribution in [0.1, 0.15) is 53.4 Å². The first-order chi connectivity index (χ1) is 15.7. The van der Waals surface area contributed by atoms with Gasteiger partial charge in [-0.05, 0) is 47.0 Å². The Labute approximate surface area is 197 Å². The SMILES string of the molecule is CO[C@H]1[C@H](C2(C)O[C@@H]2CC=C(C)C)[C@]2(CC[C@H]1OC(=O)N1CCN(CCC(C)=O)CC1)CO2. The van der Waals surface area contributed by atoms with E-state index in [2.05, 4.69) is 31.7 Å². The number of nitrogens with zero attached hydrogens (tertiary/aromatic N) is 2. The molecule has 0 N–H and O–H groups in total. The van der Waals surface area contributed by atoms with Crippen LogP contribution < -0.4 is 0 Å². The van der Waals surface area contributed by atoms with Gasteiger partial charge in [-0.15, -0.1) is 0 Å². The molecule has 186 valence electrons. The summed E-state index contributed by atoms with van der Waals surface area (Å²) in [5.74, 6) is 0.226. The molecule has 6 atom stereocenters. The lowest BCUT2D eigenvalue weighted by Gasteiger charge is -2.43. The third-order valence-corrected chi connectivity index (χ3v) is 7.90. The predicted octanol–water partition coefficient (Wildman–Crippen LogP) is 2.80. The molecule has 8 heteroatoms. The van der Waals surface area contributed by atoms with E-state index in [0.29, 0.717) is 26.1 Å². The number of epoxide rings is 2. The van der Waals surface area contributed by atoms with E-state index < -0.39 is 0 Å². The number of piperazine rings is 1. The topological polar surface area (TPSA) is 84.1 Å². The van der Waals surface area contributed by atoms with Gasteiger partial charge in [0.2, 0.25) is 0 Å². The second-order valence-corrected chi connectivity index (χ2v) is 10.6. The number of hydrogen-bond donors (Lipinski definition) is 0. The number of ketones is 1. The number of methoxy groups -OCH3 is 1. The quantitative estimate of drug-likeness (QED) is 0.403. The van der Waals surface area contributed by atoms with Crippen molar-refractivity contribution in [2.75, 3.05) is 46.4 Å². The van der Waals surface area contributed by atoms with Crippen molar-refractivity contribution in [1.29, 1.82) is 0 Å². The maximum absolute atomic E-state index is 13.0. The van der Waals surface area contributed by atoms with E-state index in [1.807, 2.05) is 0 Å². The smallest absolute Gasteiger partial charge is 0.410 e. The molecule has 3 heterocycles. The van der Waals surface area contributed by atoms with E-state index in [1.54, 1.807) is 18.9 Å². The largest absolute Gasteiger partial charge is 0.443 e. The minimum atomic E-state index is -0.337. The number of allylic oxidation sites excluding steroid dienone is 1. The molecule has 0 aromatic carbocycles. The molecule has 8 nitrogen and oxygen atoms in total. The lowest BCUT2D eigenvalue weighted by Crippen LogP contribution is -2.57. The van der Waals surface area contributed by atoms with Crippen LogP contribution >= 0.6 is 0 Å². The van der Waals surface area contributed by atoms with Crippen LogP contribution in [0.2, 0.25) is 0 Å². The van der Waals surface area contributed by atoms with Crippen LogP contribution in [0.4, 0.5) is 4.79 Å². The molecule has 1 unspecified atom stereocenters. The van der Waals surface area contributed by atoms with Gasteiger partial charge in [0, 0.05) is 46.3 Å². The van der Waals surface area contributed by atoms with Crippen molar-refractivity contribution in [3.05, 3.63) is 11.6 Å². The highest BCUT2D eigenvalue weighted by molar-refractivity contribution is 5.75. The summed E-state index contributed by atoms with van der Waals surface area (Å²) in [6, 6.07) is 0. The van der Waals surface area contributed by atoms with Gasteiger partial charge in [0.05, 0.1) is 18.6 Å². The van der Waals surface area contributed by atoms with Crippen molar-refractivity contribution in [3.8, 4) is 0 Å². The molecule has 1 amide bonds. The van der Waals surface area contributed by atoms with Crippen molar-refractivity contribution >= 4 is 11.9 Å². The molecule has 4 rings (SSSR count). The summed E-state index contributed by atoms with van der Waals surface area (Å²) in [7, 11) is 1.70. The molecule has 0 aromatic rings. The van der Waals surface area contributed by atoms with Crippen LogP contribution in [-0.2, 0) is 23.7 Å². The van der Waals surface area contributed by atoms with Gasteiger partial charge >= 0.3 is 6.09 Å². The Bertz CT molecular complexity index is 769. The second kappa shape index (κ2) is 9.64. The Morgan fingerprint density at radius 3 is 2.42 bits per heavy atom. The van der Waals surface area contributed by atoms with Crippen LogP contribution in [0.5, 0.6) is 0 Å². The first-order valence-electron chi connectivity index (χ1n) is 12.3. The highest BCUT2D eigenvalue weighted by Crippen LogP contribution is 2.59. The maximum atomic E-state index is 13.0. The summed E-state index contributed by atoms with van der Waals surface area (Å²) >= 11 is 0. The number of ether oxygens (including phenoxy) is 4. The predicted molar refractivity (Wildman–Crippen MR) is 123 cm³/mol. The van der Waals surface area contributed by atoms with Gasteiger partial charge in [-0.2, -0.15) is 0 Å². The molecule has 1 saturated carbocycles. The highest BCUT2D eigenvalue weighted by atomic mass is 16.6. The fourth-order valence-corrected chi connectivity index (χ4v) is 5.74. The normalized spacial score (nSPS) is 38.2. The summed E-state index contributed by atoms with van der Waals surface area (Å²) in [4.78, 5) is 28.2. The zero-order valence-corrected chi connectivity index (χ0v) is 20.8. The molecule has 3 saturated heterocycles. The van der Waals surface area contributed by atoms with Crippen molar-refractivity contribution in [3.63, 3.8) is 0 Å². The third-order valence-electron chi connectivity index (χ3n) is 7.90. The standard InChI is InChI=1S/C25H40N2O6/c1-17(2)6-7-20-24(4,33-20)22-21(30-5)19(8-10-25(22)16-31-25)32-23(29)27-14-12-26(13-15-27)11-9-18(3)28/h6,19-22H,7-16H2,1-5H3/t19-,20-,21-,22-,24?,25+/m1/s1. The number of Topliss-reactive ketones (excluding diaryl/α,β-unsaturated/α-hetero) is 1. The Morgan fingerprint density at radius 1 is 1.15 bits per heavy atom. The average Bonchev–Trinajstić information content (AvgIpc) is 3.69. The molecule has 0 aromatic heterocycles. The van der Waals surface area contributed by atoms with Gasteiger partial charge in [0.25, 0.3) is 0 Å². The van der Waals surface area contributed by atoms with Crippen molar-refractivity contribution in [2.24, 2.45) is 5.92 Å². The molecule has 1 aliphatic carbocycles. The van der Waals surface area contributed by atoms with Crippen LogP contribution in [0.25, 0.3) is 0 Å². The molecule has 33 heavy (non-hydrogen) atoms. The Hall–Kier alpha value is -1.48. The van der Waals surface area contributed by atoms with Gasteiger partial charge < -0.3 is 23.8 Å². The van der Waals surface area contributed by atoms with Crippen LogP contribution in [0, 0.1) is 5.92 Å². The van der Waals surface area contributed by atoms with E-state index in [9.17, 15) is 9.59 Å². The lowest BCUT2D eigenvalue weighted by atomic mass is 9.68. The maximum Gasteiger partial charge on any atom is 0.410 e. The number of carbonyl (C=O) groups is 2. The lowest BCUT2D eigenvalue weighted by molar-refractivity contribution is -0.122. The van der Waals surface area contributed by atoms with Crippen molar-refractivity contribution < 1.29 is 28.5 Å². The van der Waals surface area contributed by atoms with E-state index in [0.717, 1.165) is 38.9 Å². The minimum Gasteiger partial charge on any atom is -0.443 e. The monoisotopic (exact) mass is 464 g/mol. The van der Waals surface area contributed by atoms with Crippen LogP contribution in [-0.4, -0.2) is 97.6 Å². The Balaban J connectivity index is 1.36. The van der Waals surface area contributed by atoms with E-state index >= 15 is 0 Å². The first-order valence-corrected chi connectivity index (χ1v) is 12.3. The van der Waals surface area contributed by atoms with Gasteiger partial charge in [0.1, 0.15) is 29.2 Å². The second-order valence-electron chi connectivity index (χ2n) is 10.6. The van der Waals surface area contributed by atoms with Gasteiger partial charge in [-0.1, -0.05) is 11.6 Å². The average molecular weight is 465 g/mol.